The first-order valence-electron chi connectivity index (χ1n) is 5.52. The molecule has 1 aromatic rings. The van der Waals surface area contributed by atoms with Crippen molar-refractivity contribution in [2.24, 2.45) is 0 Å². The molecule has 0 saturated heterocycles. The Labute approximate surface area is 91.5 Å². The molecule has 15 heavy (non-hydrogen) atoms. The van der Waals surface area contributed by atoms with Gasteiger partial charge in [0.05, 0.1) is 11.3 Å². The highest BCUT2D eigenvalue weighted by molar-refractivity contribution is 5.76. The van der Waals surface area contributed by atoms with Crippen LogP contribution in [0.2, 0.25) is 0 Å². The molecule has 0 atom stereocenters. The average molecular weight is 208 g/mol. The van der Waals surface area contributed by atoms with Gasteiger partial charge in [-0.2, -0.15) is 5.10 Å². The van der Waals surface area contributed by atoms with E-state index in [0.29, 0.717) is 0 Å². The van der Waals surface area contributed by atoms with Gasteiger partial charge in [0.1, 0.15) is 0 Å². The molecule has 0 aliphatic carbocycles. The van der Waals surface area contributed by atoms with E-state index < -0.39 is 0 Å². The lowest BCUT2D eigenvalue weighted by atomic mass is 9.90. The van der Waals surface area contributed by atoms with Gasteiger partial charge < -0.3 is 0 Å². The third kappa shape index (κ3) is 2.91. The Morgan fingerprint density at radius 1 is 1.47 bits per heavy atom. The summed E-state index contributed by atoms with van der Waals surface area (Å²) >= 11 is 0. The maximum Gasteiger partial charge on any atom is 0.153 e. The van der Waals surface area contributed by atoms with Gasteiger partial charge in [-0.3, -0.25) is 9.48 Å². The summed E-state index contributed by atoms with van der Waals surface area (Å²) in [6.45, 7) is 9.27. The van der Waals surface area contributed by atoms with E-state index in [9.17, 15) is 4.79 Å². The summed E-state index contributed by atoms with van der Waals surface area (Å²) < 4.78 is 1.88. The molecule has 3 heteroatoms. The molecular formula is C12H20N2O. The normalized spacial score (nSPS) is 11.7. The van der Waals surface area contributed by atoms with Crippen LogP contribution in [-0.2, 0) is 12.0 Å². The first-order chi connectivity index (χ1) is 6.99. The fourth-order valence-corrected chi connectivity index (χ4v) is 1.54. The average Bonchev–Trinajstić information content (AvgIpc) is 2.57. The zero-order chi connectivity index (χ0) is 11.5. The molecule has 0 aliphatic heterocycles. The van der Waals surface area contributed by atoms with E-state index in [1.54, 1.807) is 0 Å². The molecular weight excluding hydrogens is 188 g/mol. The van der Waals surface area contributed by atoms with Crippen LogP contribution in [0.15, 0.2) is 6.20 Å². The molecule has 0 unspecified atom stereocenters. The number of carbonyl (C=O) groups excluding carboxylic acids is 1. The van der Waals surface area contributed by atoms with Crippen LogP contribution in [-0.4, -0.2) is 16.1 Å². The van der Waals surface area contributed by atoms with Crippen molar-refractivity contribution >= 4 is 6.29 Å². The minimum Gasteiger partial charge on any atom is -0.298 e. The van der Waals surface area contributed by atoms with E-state index in [1.165, 1.54) is 0 Å². The van der Waals surface area contributed by atoms with E-state index in [-0.39, 0.29) is 5.41 Å². The van der Waals surface area contributed by atoms with Crippen molar-refractivity contribution < 1.29 is 4.79 Å². The number of hydrogen-bond donors (Lipinski definition) is 0. The number of carbonyl (C=O) groups is 1. The monoisotopic (exact) mass is 208 g/mol. The number of rotatable bonds is 4. The Bertz CT molecular complexity index is 334. The van der Waals surface area contributed by atoms with Crippen molar-refractivity contribution in [3.05, 3.63) is 17.5 Å². The molecule has 1 rings (SSSR count). The predicted molar refractivity (Wildman–Crippen MR) is 61.2 cm³/mol. The SMILES string of the molecule is CCCCn1cc(C=O)c(C(C)(C)C)n1. The van der Waals surface area contributed by atoms with Crippen molar-refractivity contribution in [3.8, 4) is 0 Å². The Kier molecular flexibility index (Phi) is 3.66. The van der Waals surface area contributed by atoms with Gasteiger partial charge in [0.2, 0.25) is 0 Å². The molecule has 0 N–H and O–H groups in total. The molecule has 3 nitrogen and oxygen atoms in total. The van der Waals surface area contributed by atoms with Crippen molar-refractivity contribution in [2.45, 2.75) is 52.5 Å². The van der Waals surface area contributed by atoms with Crippen LogP contribution in [0, 0.1) is 0 Å². The van der Waals surface area contributed by atoms with Crippen LogP contribution in [0.4, 0.5) is 0 Å². The third-order valence-corrected chi connectivity index (χ3v) is 2.37. The molecule has 0 aromatic carbocycles. The third-order valence-electron chi connectivity index (χ3n) is 2.37. The topological polar surface area (TPSA) is 34.9 Å². The number of aldehydes is 1. The van der Waals surface area contributed by atoms with Gasteiger partial charge in [-0.15, -0.1) is 0 Å². The van der Waals surface area contributed by atoms with Crippen LogP contribution in [0.3, 0.4) is 0 Å². The summed E-state index contributed by atoms with van der Waals surface area (Å²) in [4.78, 5) is 10.9. The summed E-state index contributed by atoms with van der Waals surface area (Å²) in [5, 5.41) is 4.48. The minimum atomic E-state index is -0.0618. The summed E-state index contributed by atoms with van der Waals surface area (Å²) in [6, 6.07) is 0. The van der Waals surface area contributed by atoms with Crippen molar-refractivity contribution in [1.82, 2.24) is 9.78 Å². The molecule has 0 aliphatic rings. The molecule has 1 aromatic heterocycles. The van der Waals surface area contributed by atoms with Crippen molar-refractivity contribution in [2.75, 3.05) is 0 Å². The molecule has 0 amide bonds. The maximum absolute atomic E-state index is 10.9. The van der Waals surface area contributed by atoms with Gasteiger partial charge in [0.15, 0.2) is 6.29 Å². The Hall–Kier alpha value is -1.12. The molecule has 0 saturated carbocycles. The quantitative estimate of drug-likeness (QED) is 0.713. The molecule has 1 heterocycles. The van der Waals surface area contributed by atoms with Crippen molar-refractivity contribution in [1.29, 1.82) is 0 Å². The van der Waals surface area contributed by atoms with Gasteiger partial charge in [-0.05, 0) is 6.42 Å². The van der Waals surface area contributed by atoms with Crippen LogP contribution in [0.1, 0.15) is 56.6 Å². The highest BCUT2D eigenvalue weighted by Crippen LogP contribution is 2.23. The van der Waals surface area contributed by atoms with Crippen LogP contribution < -0.4 is 0 Å². The summed E-state index contributed by atoms with van der Waals surface area (Å²) in [6.07, 6.45) is 4.99. The van der Waals surface area contributed by atoms with Crippen LogP contribution in [0.5, 0.6) is 0 Å². The Balaban J connectivity index is 2.95. The fourth-order valence-electron chi connectivity index (χ4n) is 1.54. The lowest BCUT2D eigenvalue weighted by Crippen LogP contribution is -2.15. The second-order valence-electron chi connectivity index (χ2n) is 4.92. The van der Waals surface area contributed by atoms with Gasteiger partial charge in [-0.1, -0.05) is 34.1 Å². The summed E-state index contributed by atoms with van der Waals surface area (Å²) in [5.74, 6) is 0. The largest absolute Gasteiger partial charge is 0.298 e. The number of nitrogens with zero attached hydrogens (tertiary/aromatic N) is 2. The fraction of sp³-hybridized carbons (Fsp3) is 0.667. The van der Waals surface area contributed by atoms with E-state index >= 15 is 0 Å². The summed E-state index contributed by atoms with van der Waals surface area (Å²) in [5.41, 5.74) is 1.56. The Morgan fingerprint density at radius 2 is 2.13 bits per heavy atom. The first kappa shape index (κ1) is 12.0. The molecule has 0 fully saturated rings. The minimum absolute atomic E-state index is 0.0618. The van der Waals surface area contributed by atoms with E-state index in [0.717, 1.165) is 36.9 Å². The second-order valence-corrected chi connectivity index (χ2v) is 4.92. The number of hydrogen-bond acceptors (Lipinski definition) is 2. The molecule has 0 radical (unpaired) electrons. The van der Waals surface area contributed by atoms with Crippen LogP contribution >= 0.6 is 0 Å². The second kappa shape index (κ2) is 4.60. The molecule has 84 valence electrons. The maximum atomic E-state index is 10.9. The van der Waals surface area contributed by atoms with E-state index in [1.807, 2.05) is 10.9 Å². The van der Waals surface area contributed by atoms with Gasteiger partial charge in [0, 0.05) is 18.2 Å². The molecule has 0 bridgehead atoms. The predicted octanol–water partition coefficient (Wildman–Crippen LogP) is 2.79. The zero-order valence-electron chi connectivity index (χ0n) is 10.1. The Morgan fingerprint density at radius 3 is 2.53 bits per heavy atom. The smallest absolute Gasteiger partial charge is 0.153 e. The highest BCUT2D eigenvalue weighted by atomic mass is 16.1. The van der Waals surface area contributed by atoms with E-state index in [4.69, 9.17) is 0 Å². The van der Waals surface area contributed by atoms with Gasteiger partial charge >= 0.3 is 0 Å². The first-order valence-corrected chi connectivity index (χ1v) is 5.52. The zero-order valence-corrected chi connectivity index (χ0v) is 10.1. The number of aromatic nitrogens is 2. The van der Waals surface area contributed by atoms with E-state index in [2.05, 4.69) is 32.8 Å². The number of unbranched alkanes of at least 4 members (excludes halogenated alkanes) is 1. The summed E-state index contributed by atoms with van der Waals surface area (Å²) in [7, 11) is 0. The van der Waals surface area contributed by atoms with Crippen LogP contribution in [0.25, 0.3) is 0 Å². The van der Waals surface area contributed by atoms with Gasteiger partial charge in [0.25, 0.3) is 0 Å². The molecule has 0 spiro atoms. The standard InChI is InChI=1S/C12H20N2O/c1-5-6-7-14-8-10(9-15)11(13-14)12(2,3)4/h8-9H,5-7H2,1-4H3. The van der Waals surface area contributed by atoms with Gasteiger partial charge in [-0.25, -0.2) is 0 Å². The lowest BCUT2D eigenvalue weighted by molar-refractivity contribution is 0.112. The van der Waals surface area contributed by atoms with Crippen molar-refractivity contribution in [3.63, 3.8) is 0 Å². The number of aryl methyl sites for hydroxylation is 1. The lowest BCUT2D eigenvalue weighted by Gasteiger charge is -2.15. The highest BCUT2D eigenvalue weighted by Gasteiger charge is 2.21.